The summed E-state index contributed by atoms with van der Waals surface area (Å²) in [5.41, 5.74) is 1.27. The van der Waals surface area contributed by atoms with Gasteiger partial charge < -0.3 is 4.74 Å². The van der Waals surface area contributed by atoms with Gasteiger partial charge in [0.25, 0.3) is 0 Å². The molecule has 0 bridgehead atoms. The summed E-state index contributed by atoms with van der Waals surface area (Å²) >= 11 is 5.33. The number of morpholine rings is 1. The van der Waals surface area contributed by atoms with Crippen molar-refractivity contribution in [3.8, 4) is 0 Å². The quantitative estimate of drug-likeness (QED) is 0.821. The largest absolute Gasteiger partial charge is 0.371 e. The molecule has 0 aliphatic carbocycles. The minimum absolute atomic E-state index is 0.209. The second-order valence-electron chi connectivity index (χ2n) is 5.04. The Bertz CT molecular complexity index is 526. The first kappa shape index (κ1) is 14.3. The first-order valence-electron chi connectivity index (χ1n) is 6.93. The van der Waals surface area contributed by atoms with Gasteiger partial charge in [0.05, 0.1) is 12.7 Å². The molecule has 4 heteroatoms. The Labute approximate surface area is 132 Å². The first-order chi connectivity index (χ1) is 9.81. The van der Waals surface area contributed by atoms with Gasteiger partial charge in [-0.1, -0.05) is 34.1 Å². The second-order valence-corrected chi connectivity index (χ2v) is 6.99. The van der Waals surface area contributed by atoms with Crippen LogP contribution in [0.25, 0.3) is 0 Å². The van der Waals surface area contributed by atoms with Crippen LogP contribution in [0.3, 0.4) is 0 Å². The smallest absolute Gasteiger partial charge is 0.0952 e. The average molecular weight is 352 g/mol. The molecule has 1 saturated heterocycles. The summed E-state index contributed by atoms with van der Waals surface area (Å²) in [7, 11) is 0. The molecule has 0 N–H and O–H groups in total. The van der Waals surface area contributed by atoms with Crippen LogP contribution >= 0.6 is 27.3 Å². The Kier molecular flexibility index (Phi) is 4.89. The molecule has 2 heterocycles. The molecule has 3 rings (SSSR count). The summed E-state index contributed by atoms with van der Waals surface area (Å²) in [5.74, 6) is 0. The number of hydrogen-bond acceptors (Lipinski definition) is 3. The lowest BCUT2D eigenvalue weighted by molar-refractivity contribution is -0.0295. The van der Waals surface area contributed by atoms with Crippen LogP contribution in [-0.4, -0.2) is 31.1 Å². The standard InChI is InChI=1S/C16H18BrNOS/c17-14-5-3-13(4-6-14)16-12-18(9-10-19-16)8-7-15-2-1-11-20-15/h1-6,11,16H,7-10,12H2. The van der Waals surface area contributed by atoms with E-state index < -0.39 is 0 Å². The zero-order valence-electron chi connectivity index (χ0n) is 11.3. The number of rotatable bonds is 4. The predicted molar refractivity (Wildman–Crippen MR) is 87.3 cm³/mol. The highest BCUT2D eigenvalue weighted by atomic mass is 79.9. The molecule has 1 aliphatic heterocycles. The molecule has 2 nitrogen and oxygen atoms in total. The number of thiophene rings is 1. The average Bonchev–Trinajstić information content (AvgIpc) is 3.00. The van der Waals surface area contributed by atoms with Gasteiger partial charge in [0.2, 0.25) is 0 Å². The number of benzene rings is 1. The van der Waals surface area contributed by atoms with Crippen molar-refractivity contribution in [3.63, 3.8) is 0 Å². The van der Waals surface area contributed by atoms with E-state index in [1.807, 2.05) is 11.3 Å². The number of hydrogen-bond donors (Lipinski definition) is 0. The van der Waals surface area contributed by atoms with E-state index in [-0.39, 0.29) is 6.10 Å². The fourth-order valence-corrected chi connectivity index (χ4v) is 3.47. The van der Waals surface area contributed by atoms with Gasteiger partial charge in [-0.25, -0.2) is 0 Å². The SMILES string of the molecule is Brc1ccc(C2CN(CCc3cccs3)CCO2)cc1. The normalized spacial score (nSPS) is 20.1. The lowest BCUT2D eigenvalue weighted by Crippen LogP contribution is -2.39. The van der Waals surface area contributed by atoms with E-state index in [1.165, 1.54) is 10.4 Å². The Balaban J connectivity index is 1.57. The Morgan fingerprint density at radius 1 is 1.25 bits per heavy atom. The molecule has 1 aromatic carbocycles. The topological polar surface area (TPSA) is 12.5 Å². The highest BCUT2D eigenvalue weighted by Crippen LogP contribution is 2.24. The van der Waals surface area contributed by atoms with Gasteiger partial charge in [-0.3, -0.25) is 4.90 Å². The van der Waals surface area contributed by atoms with Crippen LogP contribution in [0.4, 0.5) is 0 Å². The van der Waals surface area contributed by atoms with Crippen LogP contribution < -0.4 is 0 Å². The number of ether oxygens (including phenoxy) is 1. The summed E-state index contributed by atoms with van der Waals surface area (Å²) < 4.78 is 7.03. The molecular formula is C16H18BrNOS. The van der Waals surface area contributed by atoms with Crippen LogP contribution in [0.15, 0.2) is 46.3 Å². The lowest BCUT2D eigenvalue weighted by atomic mass is 10.1. The maximum absolute atomic E-state index is 5.92. The fraction of sp³-hybridized carbons (Fsp3) is 0.375. The Morgan fingerprint density at radius 2 is 2.10 bits per heavy atom. The van der Waals surface area contributed by atoms with Crippen molar-refractivity contribution in [3.05, 3.63) is 56.7 Å². The third-order valence-corrected chi connectivity index (χ3v) is 5.11. The van der Waals surface area contributed by atoms with Gasteiger partial charge in [-0.05, 0) is 35.6 Å². The van der Waals surface area contributed by atoms with Gasteiger partial charge in [-0.15, -0.1) is 11.3 Å². The van der Waals surface area contributed by atoms with E-state index in [0.29, 0.717) is 0 Å². The summed E-state index contributed by atoms with van der Waals surface area (Å²) in [4.78, 5) is 3.98. The molecule has 20 heavy (non-hydrogen) atoms. The first-order valence-corrected chi connectivity index (χ1v) is 8.60. The van der Waals surface area contributed by atoms with Crippen molar-refractivity contribution < 1.29 is 4.74 Å². The summed E-state index contributed by atoms with van der Waals surface area (Å²) in [6, 6.07) is 12.8. The highest BCUT2D eigenvalue weighted by molar-refractivity contribution is 9.10. The fourth-order valence-electron chi connectivity index (χ4n) is 2.51. The molecule has 1 aromatic heterocycles. The van der Waals surface area contributed by atoms with E-state index in [1.54, 1.807) is 0 Å². The van der Waals surface area contributed by atoms with Crippen molar-refractivity contribution in [2.24, 2.45) is 0 Å². The van der Waals surface area contributed by atoms with E-state index in [4.69, 9.17) is 4.74 Å². The summed E-state index contributed by atoms with van der Waals surface area (Å²) in [6.45, 7) is 3.98. The molecule has 106 valence electrons. The zero-order valence-corrected chi connectivity index (χ0v) is 13.7. The molecule has 1 fully saturated rings. The summed E-state index contributed by atoms with van der Waals surface area (Å²) in [6.07, 6.45) is 1.35. The molecule has 2 aromatic rings. The maximum Gasteiger partial charge on any atom is 0.0952 e. The van der Waals surface area contributed by atoms with E-state index in [9.17, 15) is 0 Å². The number of halogens is 1. The van der Waals surface area contributed by atoms with Crippen LogP contribution in [-0.2, 0) is 11.2 Å². The van der Waals surface area contributed by atoms with Crippen molar-refractivity contribution in [2.45, 2.75) is 12.5 Å². The highest BCUT2D eigenvalue weighted by Gasteiger charge is 2.21. The lowest BCUT2D eigenvalue weighted by Gasteiger charge is -2.33. The minimum Gasteiger partial charge on any atom is -0.371 e. The van der Waals surface area contributed by atoms with Gasteiger partial charge in [0.1, 0.15) is 0 Å². The maximum atomic E-state index is 5.92. The monoisotopic (exact) mass is 351 g/mol. The van der Waals surface area contributed by atoms with Crippen LogP contribution in [0, 0.1) is 0 Å². The van der Waals surface area contributed by atoms with Crippen molar-refractivity contribution >= 4 is 27.3 Å². The van der Waals surface area contributed by atoms with Crippen molar-refractivity contribution in [2.75, 3.05) is 26.2 Å². The van der Waals surface area contributed by atoms with Crippen LogP contribution in [0.1, 0.15) is 16.5 Å². The second kappa shape index (κ2) is 6.85. The molecule has 1 aliphatic rings. The minimum atomic E-state index is 0.209. The number of nitrogens with zero attached hydrogens (tertiary/aromatic N) is 1. The van der Waals surface area contributed by atoms with Gasteiger partial charge >= 0.3 is 0 Å². The van der Waals surface area contributed by atoms with Crippen LogP contribution in [0.5, 0.6) is 0 Å². The van der Waals surface area contributed by atoms with Gasteiger partial charge in [0, 0.05) is 29.0 Å². The molecule has 0 radical (unpaired) electrons. The van der Waals surface area contributed by atoms with Crippen molar-refractivity contribution in [1.29, 1.82) is 0 Å². The Morgan fingerprint density at radius 3 is 2.85 bits per heavy atom. The molecule has 0 spiro atoms. The predicted octanol–water partition coefficient (Wildman–Crippen LogP) is 4.13. The van der Waals surface area contributed by atoms with E-state index in [0.717, 1.165) is 37.1 Å². The van der Waals surface area contributed by atoms with Crippen molar-refractivity contribution in [1.82, 2.24) is 4.90 Å². The molecule has 0 amide bonds. The van der Waals surface area contributed by atoms with E-state index >= 15 is 0 Å². The van der Waals surface area contributed by atoms with Gasteiger partial charge in [-0.2, -0.15) is 0 Å². The van der Waals surface area contributed by atoms with Crippen LogP contribution in [0.2, 0.25) is 0 Å². The van der Waals surface area contributed by atoms with E-state index in [2.05, 4.69) is 62.6 Å². The molecule has 1 unspecified atom stereocenters. The molecule has 0 saturated carbocycles. The molecular weight excluding hydrogens is 334 g/mol. The summed E-state index contributed by atoms with van der Waals surface area (Å²) in [5, 5.41) is 2.15. The Hall–Kier alpha value is -0.680. The third-order valence-electron chi connectivity index (χ3n) is 3.65. The van der Waals surface area contributed by atoms with Gasteiger partial charge in [0.15, 0.2) is 0 Å². The third kappa shape index (κ3) is 3.70. The molecule has 1 atom stereocenters. The zero-order chi connectivity index (χ0) is 13.8.